The molecule has 2 fully saturated rings. The number of aliphatic hydroxyl groups excluding tert-OH is 2. The van der Waals surface area contributed by atoms with E-state index >= 15 is 0 Å². The lowest BCUT2D eigenvalue weighted by molar-refractivity contribution is -0.139. The third-order valence-electron chi connectivity index (χ3n) is 3.24. The molecule has 0 radical (unpaired) electrons. The Labute approximate surface area is 124 Å². The molecule has 0 spiro atoms. The van der Waals surface area contributed by atoms with Crippen LogP contribution in [-0.2, 0) is 9.59 Å². The first-order chi connectivity index (χ1) is 10.4. The van der Waals surface area contributed by atoms with Crippen LogP contribution in [0.2, 0.25) is 0 Å². The van der Waals surface area contributed by atoms with Crippen molar-refractivity contribution in [3.63, 3.8) is 0 Å². The SMILES string of the molecule is O=C1NC2(C(=O)NCCO)NC(=O)NC2(C(=O)NCCO)N1. The van der Waals surface area contributed by atoms with E-state index in [1.54, 1.807) is 0 Å². The Balaban J connectivity index is 2.37. The zero-order valence-corrected chi connectivity index (χ0v) is 11.4. The molecule has 0 aromatic heterocycles. The molecule has 122 valence electrons. The molecule has 2 saturated heterocycles. The number of carbonyl (C=O) groups excluding carboxylic acids is 4. The number of urea groups is 2. The number of amides is 6. The molecule has 12 nitrogen and oxygen atoms in total. The lowest BCUT2D eigenvalue weighted by atomic mass is 9.93. The van der Waals surface area contributed by atoms with Gasteiger partial charge in [0.05, 0.1) is 13.2 Å². The normalized spacial score (nSPS) is 28.8. The molecule has 0 atom stereocenters. The van der Waals surface area contributed by atoms with Gasteiger partial charge < -0.3 is 42.1 Å². The van der Waals surface area contributed by atoms with Crippen LogP contribution in [0.3, 0.4) is 0 Å². The highest BCUT2D eigenvalue weighted by atomic mass is 16.3. The number of aliphatic hydroxyl groups is 2. The van der Waals surface area contributed by atoms with E-state index in [0.29, 0.717) is 0 Å². The van der Waals surface area contributed by atoms with E-state index in [4.69, 9.17) is 10.2 Å². The molecule has 2 aliphatic heterocycles. The van der Waals surface area contributed by atoms with Gasteiger partial charge in [-0.15, -0.1) is 0 Å². The highest BCUT2D eigenvalue weighted by Crippen LogP contribution is 2.28. The van der Waals surface area contributed by atoms with Crippen molar-refractivity contribution in [3.05, 3.63) is 0 Å². The number of carbonyl (C=O) groups is 4. The quantitative estimate of drug-likeness (QED) is 0.243. The fraction of sp³-hybridized carbons (Fsp3) is 0.600. The molecule has 0 bridgehead atoms. The van der Waals surface area contributed by atoms with Crippen LogP contribution in [-0.4, -0.2) is 71.7 Å². The molecule has 0 aromatic carbocycles. The smallest absolute Gasteiger partial charge is 0.319 e. The van der Waals surface area contributed by atoms with Crippen molar-refractivity contribution >= 4 is 23.9 Å². The van der Waals surface area contributed by atoms with Gasteiger partial charge in [0.25, 0.3) is 11.8 Å². The van der Waals surface area contributed by atoms with Gasteiger partial charge in [-0.25, -0.2) is 9.59 Å². The van der Waals surface area contributed by atoms with Crippen LogP contribution in [0.4, 0.5) is 9.59 Å². The van der Waals surface area contributed by atoms with Crippen molar-refractivity contribution in [1.82, 2.24) is 31.9 Å². The van der Waals surface area contributed by atoms with Crippen molar-refractivity contribution in [2.75, 3.05) is 26.3 Å². The van der Waals surface area contributed by atoms with Gasteiger partial charge in [0, 0.05) is 13.1 Å². The third-order valence-corrected chi connectivity index (χ3v) is 3.24. The average Bonchev–Trinajstić information content (AvgIpc) is 2.90. The Morgan fingerprint density at radius 3 is 1.41 bits per heavy atom. The van der Waals surface area contributed by atoms with Gasteiger partial charge in [-0.2, -0.15) is 0 Å². The van der Waals surface area contributed by atoms with E-state index in [1.165, 1.54) is 0 Å². The van der Waals surface area contributed by atoms with Crippen LogP contribution < -0.4 is 31.9 Å². The second-order valence-corrected chi connectivity index (χ2v) is 4.62. The Morgan fingerprint density at radius 2 is 1.14 bits per heavy atom. The minimum absolute atomic E-state index is 0.138. The molecule has 0 aromatic rings. The third kappa shape index (κ3) is 2.17. The molecule has 0 saturated carbocycles. The first-order valence-electron chi connectivity index (χ1n) is 6.41. The summed E-state index contributed by atoms with van der Waals surface area (Å²) in [5, 5.41) is 30.9. The van der Waals surface area contributed by atoms with Crippen molar-refractivity contribution in [2.45, 2.75) is 11.3 Å². The molecular weight excluding hydrogens is 300 g/mol. The standard InChI is InChI=1S/C10H16N6O6/c17-3-1-11-5(19)9-10(15-7(21)13-9,16-8(22)14-9)6(20)12-2-4-18/h17-18H,1-4H2,(H,11,19)(H,12,20)(H2,13,15,21)(H2,14,16,22). The Hall–Kier alpha value is -2.60. The van der Waals surface area contributed by atoms with E-state index < -0.39 is 35.2 Å². The first-order valence-corrected chi connectivity index (χ1v) is 6.41. The predicted molar refractivity (Wildman–Crippen MR) is 69.0 cm³/mol. The summed E-state index contributed by atoms with van der Waals surface area (Å²) >= 11 is 0. The molecule has 22 heavy (non-hydrogen) atoms. The van der Waals surface area contributed by atoms with E-state index in [1.807, 2.05) is 0 Å². The Morgan fingerprint density at radius 1 is 0.818 bits per heavy atom. The van der Waals surface area contributed by atoms with E-state index in [-0.39, 0.29) is 26.3 Å². The molecule has 8 N–H and O–H groups in total. The van der Waals surface area contributed by atoms with E-state index in [0.717, 1.165) is 0 Å². The topological polar surface area (TPSA) is 181 Å². The Bertz CT molecular complexity index is 460. The number of hydrogen-bond acceptors (Lipinski definition) is 6. The largest absolute Gasteiger partial charge is 0.395 e. The summed E-state index contributed by atoms with van der Waals surface area (Å²) < 4.78 is 0. The second-order valence-electron chi connectivity index (χ2n) is 4.62. The van der Waals surface area contributed by atoms with Crippen LogP contribution in [0.15, 0.2) is 0 Å². The van der Waals surface area contributed by atoms with Gasteiger partial charge in [-0.05, 0) is 0 Å². The fourth-order valence-corrected chi connectivity index (χ4v) is 2.35. The van der Waals surface area contributed by atoms with Crippen molar-refractivity contribution in [3.8, 4) is 0 Å². The van der Waals surface area contributed by atoms with Gasteiger partial charge in [-0.3, -0.25) is 9.59 Å². The molecular formula is C10H16N6O6. The maximum Gasteiger partial charge on any atom is 0.319 e. The Kier molecular flexibility index (Phi) is 4.05. The first kappa shape index (κ1) is 15.8. The van der Waals surface area contributed by atoms with Crippen molar-refractivity contribution in [2.24, 2.45) is 0 Å². The molecule has 2 rings (SSSR count). The number of nitrogens with one attached hydrogen (secondary N) is 6. The van der Waals surface area contributed by atoms with Gasteiger partial charge in [0.15, 0.2) is 0 Å². The summed E-state index contributed by atoms with van der Waals surface area (Å²) in [5.41, 5.74) is -4.20. The second kappa shape index (κ2) is 5.65. The zero-order valence-electron chi connectivity index (χ0n) is 11.4. The van der Waals surface area contributed by atoms with Crippen LogP contribution >= 0.6 is 0 Å². The minimum Gasteiger partial charge on any atom is -0.395 e. The molecule has 6 amide bonds. The number of hydrogen-bond donors (Lipinski definition) is 8. The van der Waals surface area contributed by atoms with Crippen LogP contribution in [0.1, 0.15) is 0 Å². The molecule has 12 heteroatoms. The minimum atomic E-state index is -2.10. The van der Waals surface area contributed by atoms with Crippen LogP contribution in [0, 0.1) is 0 Å². The predicted octanol–water partition coefficient (Wildman–Crippen LogP) is -4.78. The zero-order chi connectivity index (χ0) is 16.4. The summed E-state index contributed by atoms with van der Waals surface area (Å²) in [6.45, 7) is -1.01. The molecule has 0 aliphatic carbocycles. The maximum atomic E-state index is 12.3. The summed E-state index contributed by atoms with van der Waals surface area (Å²) in [6.07, 6.45) is 0. The summed E-state index contributed by atoms with van der Waals surface area (Å²) in [5.74, 6) is -1.78. The number of rotatable bonds is 6. The van der Waals surface area contributed by atoms with Crippen LogP contribution in [0.5, 0.6) is 0 Å². The summed E-state index contributed by atoms with van der Waals surface area (Å²) in [4.78, 5) is 48.0. The maximum absolute atomic E-state index is 12.3. The lowest BCUT2D eigenvalue weighted by Gasteiger charge is -2.33. The van der Waals surface area contributed by atoms with E-state index in [2.05, 4.69) is 31.9 Å². The fourth-order valence-electron chi connectivity index (χ4n) is 2.35. The van der Waals surface area contributed by atoms with Gasteiger partial charge >= 0.3 is 12.1 Å². The van der Waals surface area contributed by atoms with Gasteiger partial charge in [-0.1, -0.05) is 0 Å². The molecule has 2 aliphatic rings. The number of fused-ring (bicyclic) bond motifs is 1. The van der Waals surface area contributed by atoms with E-state index in [9.17, 15) is 19.2 Å². The van der Waals surface area contributed by atoms with Crippen molar-refractivity contribution in [1.29, 1.82) is 0 Å². The highest BCUT2D eigenvalue weighted by Gasteiger charge is 2.73. The van der Waals surface area contributed by atoms with Gasteiger partial charge in [0.1, 0.15) is 0 Å². The summed E-state index contributed by atoms with van der Waals surface area (Å²) in [7, 11) is 0. The molecule has 2 heterocycles. The van der Waals surface area contributed by atoms with Gasteiger partial charge in [0.2, 0.25) is 11.3 Å². The lowest BCUT2D eigenvalue weighted by Crippen LogP contribution is -2.77. The highest BCUT2D eigenvalue weighted by molar-refractivity contribution is 6.11. The summed E-state index contributed by atoms with van der Waals surface area (Å²) in [6, 6.07) is -1.71. The molecule has 0 unspecified atom stereocenters. The average molecular weight is 316 g/mol. The monoisotopic (exact) mass is 316 g/mol. The van der Waals surface area contributed by atoms with Crippen molar-refractivity contribution < 1.29 is 29.4 Å². The van der Waals surface area contributed by atoms with Crippen LogP contribution in [0.25, 0.3) is 0 Å².